The molecule has 0 amide bonds. The van der Waals surface area contributed by atoms with Gasteiger partial charge >= 0.3 is 0 Å². The zero-order chi connectivity index (χ0) is 8.43. The molecular weight excluding hydrogens is 150 g/mol. The summed E-state index contributed by atoms with van der Waals surface area (Å²) in [5.41, 5.74) is 5.37. The van der Waals surface area contributed by atoms with Crippen LogP contribution in [0.25, 0.3) is 0 Å². The smallest absolute Gasteiger partial charge is 0.114 e. The second kappa shape index (κ2) is 3.46. The third-order valence-corrected chi connectivity index (χ3v) is 1.74. The van der Waals surface area contributed by atoms with Gasteiger partial charge in [-0.15, -0.1) is 0 Å². The molecule has 5 N–H and O–H groups in total. The minimum atomic E-state index is -1.01. The van der Waals surface area contributed by atoms with Gasteiger partial charge in [-0.2, -0.15) is 0 Å². The predicted molar refractivity (Wildman–Crippen MR) is 36.2 cm³/mol. The molecule has 1 rings (SSSR count). The first-order valence-electron chi connectivity index (χ1n) is 3.38. The van der Waals surface area contributed by atoms with Crippen molar-refractivity contribution >= 4 is 0 Å². The number of aliphatic hydroxyl groups is 3. The molecule has 0 saturated carbocycles. The Balaban J connectivity index is 2.52. The standard InChI is InChI=1S/C6H12NO4/c7-5-3(9)2-11-4(1-8)6(5)10/h2-6,8-10H,1,7H2. The van der Waals surface area contributed by atoms with Crippen LogP contribution in [0.1, 0.15) is 0 Å². The van der Waals surface area contributed by atoms with Crippen LogP contribution in [0.2, 0.25) is 0 Å². The molecule has 4 unspecified atom stereocenters. The van der Waals surface area contributed by atoms with E-state index in [1.807, 2.05) is 0 Å². The molecule has 0 aliphatic carbocycles. The highest BCUT2D eigenvalue weighted by molar-refractivity contribution is 4.94. The van der Waals surface area contributed by atoms with E-state index in [1.54, 1.807) is 0 Å². The number of rotatable bonds is 1. The fraction of sp³-hybridized carbons (Fsp3) is 0.833. The average Bonchev–Trinajstić information content (AvgIpc) is 2.01. The molecule has 1 saturated heterocycles. The molecule has 0 spiro atoms. The molecule has 4 atom stereocenters. The second-order valence-electron chi connectivity index (χ2n) is 2.55. The lowest BCUT2D eigenvalue weighted by molar-refractivity contribution is -0.116. The molecule has 1 aliphatic heterocycles. The third kappa shape index (κ3) is 1.69. The highest BCUT2D eigenvalue weighted by atomic mass is 16.5. The normalized spacial score (nSPS) is 45.8. The summed E-state index contributed by atoms with van der Waals surface area (Å²) in [4.78, 5) is 0. The van der Waals surface area contributed by atoms with Crippen LogP contribution in [0.4, 0.5) is 0 Å². The van der Waals surface area contributed by atoms with E-state index in [2.05, 4.69) is 0 Å². The van der Waals surface area contributed by atoms with Gasteiger partial charge in [0.25, 0.3) is 0 Å². The molecule has 11 heavy (non-hydrogen) atoms. The number of hydrogen-bond donors (Lipinski definition) is 4. The fourth-order valence-electron chi connectivity index (χ4n) is 0.954. The highest BCUT2D eigenvalue weighted by Crippen LogP contribution is 2.15. The van der Waals surface area contributed by atoms with Crippen molar-refractivity contribution in [3.63, 3.8) is 0 Å². The summed E-state index contributed by atoms with van der Waals surface area (Å²) in [6, 6.07) is -0.777. The molecule has 1 fully saturated rings. The van der Waals surface area contributed by atoms with Gasteiger partial charge < -0.3 is 25.8 Å². The van der Waals surface area contributed by atoms with Crippen LogP contribution < -0.4 is 5.73 Å². The predicted octanol–water partition coefficient (Wildman–Crippen LogP) is -2.41. The van der Waals surface area contributed by atoms with Gasteiger partial charge in [0.15, 0.2) is 0 Å². The van der Waals surface area contributed by atoms with Crippen molar-refractivity contribution in [2.75, 3.05) is 6.61 Å². The molecule has 0 aromatic heterocycles. The first-order chi connectivity index (χ1) is 5.16. The van der Waals surface area contributed by atoms with Crippen LogP contribution in [-0.2, 0) is 4.74 Å². The van der Waals surface area contributed by atoms with E-state index in [0.29, 0.717) is 0 Å². The first kappa shape index (κ1) is 8.89. The lowest BCUT2D eigenvalue weighted by Crippen LogP contribution is -2.56. The van der Waals surface area contributed by atoms with Gasteiger partial charge in [-0.1, -0.05) is 0 Å². The molecule has 0 aromatic carbocycles. The van der Waals surface area contributed by atoms with Crippen molar-refractivity contribution in [3.8, 4) is 0 Å². The summed E-state index contributed by atoms with van der Waals surface area (Å²) in [5.74, 6) is 0. The Morgan fingerprint density at radius 1 is 1.45 bits per heavy atom. The van der Waals surface area contributed by atoms with Crippen LogP contribution in [0.15, 0.2) is 0 Å². The molecule has 1 heterocycles. The van der Waals surface area contributed by atoms with Gasteiger partial charge in [-0.05, 0) is 0 Å². The molecule has 5 nitrogen and oxygen atoms in total. The zero-order valence-electron chi connectivity index (χ0n) is 5.92. The first-order valence-corrected chi connectivity index (χ1v) is 3.38. The van der Waals surface area contributed by atoms with E-state index in [9.17, 15) is 5.11 Å². The largest absolute Gasteiger partial charge is 0.394 e. The zero-order valence-corrected chi connectivity index (χ0v) is 5.92. The highest BCUT2D eigenvalue weighted by Gasteiger charge is 2.35. The van der Waals surface area contributed by atoms with Gasteiger partial charge in [0.1, 0.15) is 24.9 Å². The lowest BCUT2D eigenvalue weighted by atomic mass is 9.99. The Kier molecular flexibility index (Phi) is 2.80. The van der Waals surface area contributed by atoms with E-state index in [-0.39, 0.29) is 6.61 Å². The van der Waals surface area contributed by atoms with Crippen molar-refractivity contribution in [1.82, 2.24) is 0 Å². The van der Waals surface area contributed by atoms with Crippen molar-refractivity contribution in [2.45, 2.75) is 24.4 Å². The molecule has 5 heteroatoms. The van der Waals surface area contributed by atoms with Gasteiger partial charge in [-0.25, -0.2) is 0 Å². The number of ether oxygens (including phenoxy) is 1. The summed E-state index contributed by atoms with van der Waals surface area (Å²) >= 11 is 0. The SMILES string of the molecule is NC1C(O)[CH]OC(CO)C1O. The van der Waals surface area contributed by atoms with Crippen LogP contribution >= 0.6 is 0 Å². The van der Waals surface area contributed by atoms with Crippen molar-refractivity contribution < 1.29 is 20.1 Å². The molecule has 1 aliphatic rings. The third-order valence-electron chi connectivity index (χ3n) is 1.74. The van der Waals surface area contributed by atoms with E-state index >= 15 is 0 Å². The summed E-state index contributed by atoms with van der Waals surface area (Å²) in [7, 11) is 0. The van der Waals surface area contributed by atoms with Crippen LogP contribution in [0.3, 0.4) is 0 Å². The Morgan fingerprint density at radius 3 is 2.64 bits per heavy atom. The fourth-order valence-corrected chi connectivity index (χ4v) is 0.954. The number of aliphatic hydroxyl groups excluding tert-OH is 3. The topological polar surface area (TPSA) is 95.9 Å². The van der Waals surface area contributed by atoms with Crippen molar-refractivity contribution in [1.29, 1.82) is 0 Å². The van der Waals surface area contributed by atoms with Crippen LogP contribution in [-0.4, -0.2) is 46.3 Å². The quantitative estimate of drug-likeness (QED) is 0.344. The van der Waals surface area contributed by atoms with E-state index in [0.717, 1.165) is 6.61 Å². The van der Waals surface area contributed by atoms with E-state index < -0.39 is 24.4 Å². The second-order valence-corrected chi connectivity index (χ2v) is 2.55. The average molecular weight is 162 g/mol. The van der Waals surface area contributed by atoms with Gasteiger partial charge in [0.05, 0.1) is 12.6 Å². The minimum absolute atomic E-state index is 0.307. The van der Waals surface area contributed by atoms with Crippen molar-refractivity contribution in [2.24, 2.45) is 5.73 Å². The minimum Gasteiger partial charge on any atom is -0.394 e. The Morgan fingerprint density at radius 2 is 2.09 bits per heavy atom. The molecule has 0 aromatic rings. The summed E-state index contributed by atoms with van der Waals surface area (Å²) in [5, 5.41) is 26.9. The van der Waals surface area contributed by atoms with Gasteiger partial charge in [-0.3, -0.25) is 0 Å². The maximum atomic E-state index is 9.22. The molecular formula is C6H12NO4. The Labute approximate surface area is 64.4 Å². The number of nitrogens with two attached hydrogens (primary N) is 1. The molecule has 65 valence electrons. The summed E-state index contributed by atoms with van der Waals surface area (Å²) < 4.78 is 4.77. The van der Waals surface area contributed by atoms with E-state index in [1.165, 1.54) is 0 Å². The summed E-state index contributed by atoms with van der Waals surface area (Å²) in [6.07, 6.45) is -2.69. The maximum absolute atomic E-state index is 9.22. The van der Waals surface area contributed by atoms with Crippen LogP contribution in [0, 0.1) is 6.61 Å². The molecule has 1 radical (unpaired) electrons. The molecule has 0 bridgehead atoms. The summed E-state index contributed by atoms with van der Waals surface area (Å²) in [6.45, 7) is 0.816. The van der Waals surface area contributed by atoms with Crippen LogP contribution in [0.5, 0.6) is 0 Å². The van der Waals surface area contributed by atoms with Gasteiger partial charge in [0.2, 0.25) is 0 Å². The van der Waals surface area contributed by atoms with E-state index in [4.69, 9.17) is 20.7 Å². The van der Waals surface area contributed by atoms with Crippen molar-refractivity contribution in [3.05, 3.63) is 6.61 Å². The number of hydrogen-bond acceptors (Lipinski definition) is 5. The monoisotopic (exact) mass is 162 g/mol. The Bertz CT molecular complexity index is 130. The Hall–Kier alpha value is -0.200. The van der Waals surface area contributed by atoms with Gasteiger partial charge in [0, 0.05) is 0 Å². The maximum Gasteiger partial charge on any atom is 0.114 e. The lowest BCUT2D eigenvalue weighted by Gasteiger charge is -2.34.